The predicted molar refractivity (Wildman–Crippen MR) is 114 cm³/mol. The second-order valence-corrected chi connectivity index (χ2v) is 8.15. The van der Waals surface area contributed by atoms with E-state index in [2.05, 4.69) is 15.5 Å². The molecule has 3 aromatic rings. The second-order valence-electron chi connectivity index (χ2n) is 8.15. The van der Waals surface area contributed by atoms with E-state index < -0.39 is 6.04 Å². The summed E-state index contributed by atoms with van der Waals surface area (Å²) in [5, 5.41) is 11.6. The topological polar surface area (TPSA) is 79.6 Å². The van der Waals surface area contributed by atoms with Crippen molar-refractivity contribution in [2.45, 2.75) is 38.6 Å². The maximum absolute atomic E-state index is 13.2. The fourth-order valence-electron chi connectivity index (χ4n) is 4.02. The number of fused-ring (bicyclic) bond motifs is 1. The normalized spacial score (nSPS) is 16.0. The van der Waals surface area contributed by atoms with E-state index in [9.17, 15) is 9.59 Å². The van der Waals surface area contributed by atoms with Crippen LogP contribution in [0.4, 0.5) is 0 Å². The van der Waals surface area contributed by atoms with Crippen LogP contribution in [0.1, 0.15) is 48.8 Å². The van der Waals surface area contributed by atoms with Crippen molar-refractivity contribution in [1.29, 1.82) is 0 Å². The van der Waals surface area contributed by atoms with E-state index in [-0.39, 0.29) is 23.7 Å². The minimum absolute atomic E-state index is 0.00308. The SMILES string of the molecule is CC(C)C(NC(=O)c1ccccc1)C(=O)N1CCC(c2nnc3ccccn23)CC1. The van der Waals surface area contributed by atoms with E-state index in [4.69, 9.17) is 0 Å². The van der Waals surface area contributed by atoms with Gasteiger partial charge in [0.1, 0.15) is 11.9 Å². The number of amides is 2. The molecule has 0 radical (unpaired) electrons. The van der Waals surface area contributed by atoms with Gasteiger partial charge < -0.3 is 10.2 Å². The number of pyridine rings is 1. The molecular formula is C23H27N5O2. The number of aromatic nitrogens is 3. The predicted octanol–water partition coefficient (Wildman–Crippen LogP) is 2.89. The van der Waals surface area contributed by atoms with Crippen LogP contribution in [-0.4, -0.2) is 50.4 Å². The van der Waals surface area contributed by atoms with Crippen LogP contribution in [0, 0.1) is 5.92 Å². The molecule has 1 aliphatic heterocycles. The average Bonchev–Trinajstić information content (AvgIpc) is 3.21. The van der Waals surface area contributed by atoms with Gasteiger partial charge in [0.05, 0.1) is 0 Å². The Bertz CT molecular complexity index is 1020. The van der Waals surface area contributed by atoms with Crippen molar-refractivity contribution in [1.82, 2.24) is 24.8 Å². The van der Waals surface area contributed by atoms with Crippen LogP contribution in [0.25, 0.3) is 5.65 Å². The number of carbonyl (C=O) groups excluding carboxylic acids is 2. The number of likely N-dealkylation sites (tertiary alicyclic amines) is 1. The Balaban J connectivity index is 1.41. The van der Waals surface area contributed by atoms with E-state index in [1.165, 1.54) is 0 Å². The first-order valence-corrected chi connectivity index (χ1v) is 10.5. The molecule has 1 N–H and O–H groups in total. The van der Waals surface area contributed by atoms with Gasteiger partial charge in [-0.2, -0.15) is 0 Å². The fourth-order valence-corrected chi connectivity index (χ4v) is 4.02. The quantitative estimate of drug-likeness (QED) is 0.708. The summed E-state index contributed by atoms with van der Waals surface area (Å²) in [4.78, 5) is 27.6. The molecule has 0 bridgehead atoms. The van der Waals surface area contributed by atoms with Crippen LogP contribution in [0.5, 0.6) is 0 Å². The number of nitrogens with zero attached hydrogens (tertiary/aromatic N) is 4. The van der Waals surface area contributed by atoms with Crippen LogP contribution in [0.2, 0.25) is 0 Å². The van der Waals surface area contributed by atoms with Crippen molar-refractivity contribution in [3.05, 3.63) is 66.1 Å². The highest BCUT2D eigenvalue weighted by atomic mass is 16.2. The van der Waals surface area contributed by atoms with E-state index in [0.29, 0.717) is 18.7 Å². The first-order valence-electron chi connectivity index (χ1n) is 10.5. The van der Waals surface area contributed by atoms with Gasteiger partial charge in [0.25, 0.3) is 5.91 Å². The lowest BCUT2D eigenvalue weighted by molar-refractivity contribution is -0.135. The molecule has 7 nitrogen and oxygen atoms in total. The molecule has 1 unspecified atom stereocenters. The third kappa shape index (κ3) is 4.06. The third-order valence-corrected chi connectivity index (χ3v) is 5.77. The van der Waals surface area contributed by atoms with Crippen molar-refractivity contribution in [2.75, 3.05) is 13.1 Å². The molecule has 1 atom stereocenters. The molecule has 1 fully saturated rings. The Kier molecular flexibility index (Phi) is 5.79. The molecule has 3 heterocycles. The minimum atomic E-state index is -0.539. The zero-order chi connectivity index (χ0) is 21.1. The first-order chi connectivity index (χ1) is 14.5. The molecule has 7 heteroatoms. The Morgan fingerprint density at radius 2 is 1.70 bits per heavy atom. The van der Waals surface area contributed by atoms with Crippen molar-refractivity contribution in [3.8, 4) is 0 Å². The van der Waals surface area contributed by atoms with Gasteiger partial charge in [0, 0.05) is 30.8 Å². The molecule has 1 saturated heterocycles. The minimum Gasteiger partial charge on any atom is -0.341 e. The van der Waals surface area contributed by atoms with Gasteiger partial charge in [-0.3, -0.25) is 14.0 Å². The Labute approximate surface area is 176 Å². The van der Waals surface area contributed by atoms with Crippen LogP contribution < -0.4 is 5.32 Å². The molecule has 30 heavy (non-hydrogen) atoms. The van der Waals surface area contributed by atoms with Crippen molar-refractivity contribution in [3.63, 3.8) is 0 Å². The van der Waals surface area contributed by atoms with E-state index in [0.717, 1.165) is 24.3 Å². The second kappa shape index (κ2) is 8.65. The van der Waals surface area contributed by atoms with Crippen molar-refractivity contribution < 1.29 is 9.59 Å². The van der Waals surface area contributed by atoms with Gasteiger partial charge in [-0.1, -0.05) is 38.1 Å². The summed E-state index contributed by atoms with van der Waals surface area (Å²) >= 11 is 0. The molecule has 0 aliphatic carbocycles. The zero-order valence-corrected chi connectivity index (χ0v) is 17.4. The molecule has 156 valence electrons. The Hall–Kier alpha value is -3.22. The number of nitrogens with one attached hydrogen (secondary N) is 1. The summed E-state index contributed by atoms with van der Waals surface area (Å²) in [6, 6.07) is 14.3. The van der Waals surface area contributed by atoms with Crippen molar-refractivity contribution in [2.24, 2.45) is 5.92 Å². The van der Waals surface area contributed by atoms with Crippen molar-refractivity contribution >= 4 is 17.5 Å². The first kappa shape index (κ1) is 20.1. The summed E-state index contributed by atoms with van der Waals surface area (Å²) in [6.45, 7) is 5.22. The average molecular weight is 406 g/mol. The van der Waals surface area contributed by atoms with Gasteiger partial charge in [-0.05, 0) is 43.0 Å². The fraction of sp³-hybridized carbons (Fsp3) is 0.391. The highest BCUT2D eigenvalue weighted by molar-refractivity contribution is 5.97. The number of carbonyl (C=O) groups is 2. The van der Waals surface area contributed by atoms with Crippen LogP contribution in [-0.2, 0) is 4.79 Å². The largest absolute Gasteiger partial charge is 0.341 e. The summed E-state index contributed by atoms with van der Waals surface area (Å²) in [5.41, 5.74) is 1.41. The lowest BCUT2D eigenvalue weighted by Crippen LogP contribution is -2.52. The smallest absolute Gasteiger partial charge is 0.251 e. The lowest BCUT2D eigenvalue weighted by Gasteiger charge is -2.35. The van der Waals surface area contributed by atoms with Gasteiger partial charge in [-0.15, -0.1) is 10.2 Å². The highest BCUT2D eigenvalue weighted by Gasteiger charge is 2.32. The maximum atomic E-state index is 13.2. The van der Waals surface area contributed by atoms with Crippen LogP contribution in [0.3, 0.4) is 0 Å². The molecule has 4 rings (SSSR count). The highest BCUT2D eigenvalue weighted by Crippen LogP contribution is 2.27. The van der Waals surface area contributed by atoms with Gasteiger partial charge in [0.2, 0.25) is 5.91 Å². The number of hydrogen-bond acceptors (Lipinski definition) is 4. The zero-order valence-electron chi connectivity index (χ0n) is 17.4. The van der Waals surface area contributed by atoms with E-state index in [1.807, 2.05) is 65.7 Å². The molecule has 2 amide bonds. The Morgan fingerprint density at radius 1 is 1.00 bits per heavy atom. The standard InChI is InChI=1S/C23H27N5O2/c1-16(2)20(24-22(29)18-8-4-3-5-9-18)23(30)27-14-11-17(12-15-27)21-26-25-19-10-6-7-13-28(19)21/h3-10,13,16-17,20H,11-12,14-15H2,1-2H3,(H,24,29). The Morgan fingerprint density at radius 3 is 2.40 bits per heavy atom. The van der Waals surface area contributed by atoms with E-state index in [1.54, 1.807) is 12.1 Å². The third-order valence-electron chi connectivity index (χ3n) is 5.77. The molecule has 1 aromatic carbocycles. The summed E-state index contributed by atoms with van der Waals surface area (Å²) < 4.78 is 2.03. The molecule has 0 saturated carbocycles. The van der Waals surface area contributed by atoms with E-state index >= 15 is 0 Å². The maximum Gasteiger partial charge on any atom is 0.251 e. The van der Waals surface area contributed by atoms with Gasteiger partial charge in [0.15, 0.2) is 5.65 Å². The molecule has 2 aromatic heterocycles. The number of hydrogen-bond donors (Lipinski definition) is 1. The lowest BCUT2D eigenvalue weighted by atomic mass is 9.94. The number of benzene rings is 1. The monoisotopic (exact) mass is 405 g/mol. The summed E-state index contributed by atoms with van der Waals surface area (Å²) in [7, 11) is 0. The van der Waals surface area contributed by atoms with Crippen LogP contribution >= 0.6 is 0 Å². The summed E-state index contributed by atoms with van der Waals surface area (Å²) in [6.07, 6.45) is 3.65. The summed E-state index contributed by atoms with van der Waals surface area (Å²) in [5.74, 6) is 0.993. The van der Waals surface area contributed by atoms with Gasteiger partial charge in [-0.25, -0.2) is 0 Å². The number of rotatable bonds is 5. The molecular weight excluding hydrogens is 378 g/mol. The van der Waals surface area contributed by atoms with Crippen LogP contribution in [0.15, 0.2) is 54.7 Å². The van der Waals surface area contributed by atoms with Gasteiger partial charge >= 0.3 is 0 Å². The number of piperidine rings is 1. The molecule has 1 aliphatic rings. The molecule has 0 spiro atoms.